The second kappa shape index (κ2) is 8.32. The molecule has 4 rings (SSSR count). The van der Waals surface area contributed by atoms with Gasteiger partial charge in [-0.15, -0.1) is 0 Å². The van der Waals surface area contributed by atoms with E-state index in [1.807, 2.05) is 0 Å². The average molecular weight is 469 g/mol. The predicted octanol–water partition coefficient (Wildman–Crippen LogP) is 3.87. The van der Waals surface area contributed by atoms with Crippen LogP contribution in [0.2, 0.25) is 0 Å². The van der Waals surface area contributed by atoms with Crippen molar-refractivity contribution in [3.8, 4) is 11.1 Å². The van der Waals surface area contributed by atoms with E-state index < -0.39 is 27.4 Å². The van der Waals surface area contributed by atoms with E-state index in [-0.39, 0.29) is 39.1 Å². The summed E-state index contributed by atoms with van der Waals surface area (Å²) in [6.45, 7) is 3.49. The van der Waals surface area contributed by atoms with Crippen LogP contribution >= 0.6 is 0 Å². The number of halogens is 1. The Bertz CT molecular complexity index is 1570. The van der Waals surface area contributed by atoms with Gasteiger partial charge in [-0.3, -0.25) is 4.79 Å². The van der Waals surface area contributed by atoms with E-state index in [0.717, 1.165) is 10.0 Å². The third-order valence-electron chi connectivity index (χ3n) is 5.39. The molecule has 0 aliphatic carbocycles. The Kier molecular flexibility index (Phi) is 5.67. The third kappa shape index (κ3) is 3.74. The quantitative estimate of drug-likeness (QED) is 0.415. The number of aryl methyl sites for hydroxylation is 2. The maximum atomic E-state index is 14.9. The number of carbonyl (C=O) groups excluding carboxylic acids is 1. The summed E-state index contributed by atoms with van der Waals surface area (Å²) in [4.78, 5) is 25.2. The fraction of sp³-hybridized carbons (Fsp3) is 0.167. The van der Waals surface area contributed by atoms with Crippen LogP contribution < -0.4 is 5.56 Å². The molecule has 170 valence electrons. The number of nitrogens with zero attached hydrogens (tertiary/aromatic N) is 2. The van der Waals surface area contributed by atoms with Gasteiger partial charge in [-0.2, -0.15) is 0 Å². The molecule has 0 bridgehead atoms. The van der Waals surface area contributed by atoms with E-state index in [4.69, 9.17) is 4.74 Å². The minimum absolute atomic E-state index is 0.0483. The van der Waals surface area contributed by atoms with Crippen molar-refractivity contribution < 1.29 is 22.3 Å². The van der Waals surface area contributed by atoms with E-state index in [9.17, 15) is 22.4 Å². The second-order valence-electron chi connectivity index (χ2n) is 7.52. The molecule has 7 nitrogen and oxygen atoms in total. The topological polar surface area (TPSA) is 87.4 Å². The number of hydrogen-bond donors (Lipinski definition) is 0. The zero-order valence-electron chi connectivity index (χ0n) is 18.2. The molecule has 0 spiro atoms. The van der Waals surface area contributed by atoms with Gasteiger partial charge in [-0.25, -0.2) is 21.6 Å². The van der Waals surface area contributed by atoms with Crippen molar-refractivity contribution in [2.24, 2.45) is 7.05 Å². The molecule has 0 fully saturated rings. The Hall–Kier alpha value is -3.72. The summed E-state index contributed by atoms with van der Waals surface area (Å²) in [7, 11) is -2.64. The molecule has 0 amide bonds. The Balaban J connectivity index is 2.01. The Labute approximate surface area is 189 Å². The van der Waals surface area contributed by atoms with Gasteiger partial charge in [-0.05, 0) is 49.7 Å². The third-order valence-corrected chi connectivity index (χ3v) is 7.22. The molecule has 9 heteroatoms. The van der Waals surface area contributed by atoms with Gasteiger partial charge in [0.2, 0.25) is 0 Å². The van der Waals surface area contributed by atoms with Crippen LogP contribution in [0, 0.1) is 12.7 Å². The molecule has 0 aliphatic rings. The summed E-state index contributed by atoms with van der Waals surface area (Å²) in [5.74, 6) is -1.24. The van der Waals surface area contributed by atoms with Gasteiger partial charge in [0.15, 0.2) is 0 Å². The van der Waals surface area contributed by atoms with Crippen molar-refractivity contribution in [2.75, 3.05) is 6.61 Å². The monoisotopic (exact) mass is 468 g/mol. The minimum Gasteiger partial charge on any atom is -0.462 e. The van der Waals surface area contributed by atoms with Crippen LogP contribution in [0.3, 0.4) is 0 Å². The molecule has 0 unspecified atom stereocenters. The van der Waals surface area contributed by atoms with E-state index in [2.05, 4.69) is 0 Å². The Morgan fingerprint density at radius 3 is 2.52 bits per heavy atom. The van der Waals surface area contributed by atoms with Crippen molar-refractivity contribution >= 4 is 26.9 Å². The first-order valence-electron chi connectivity index (χ1n) is 10.2. The molecule has 2 heterocycles. The van der Waals surface area contributed by atoms with Gasteiger partial charge in [0, 0.05) is 36.0 Å². The number of carbonyl (C=O) groups is 1. The summed E-state index contributed by atoms with van der Waals surface area (Å²) < 4.78 is 48.8. The lowest BCUT2D eigenvalue weighted by Crippen LogP contribution is -2.22. The van der Waals surface area contributed by atoms with Crippen molar-refractivity contribution in [3.63, 3.8) is 0 Å². The molecule has 2 aromatic heterocycles. The fourth-order valence-electron chi connectivity index (χ4n) is 3.77. The molecule has 33 heavy (non-hydrogen) atoms. The summed E-state index contributed by atoms with van der Waals surface area (Å²) >= 11 is 0. The number of hydrogen-bond acceptors (Lipinski definition) is 5. The van der Waals surface area contributed by atoms with Crippen LogP contribution in [-0.4, -0.2) is 29.5 Å². The number of aromatic nitrogens is 2. The predicted molar refractivity (Wildman–Crippen MR) is 122 cm³/mol. The molecule has 0 N–H and O–H groups in total. The summed E-state index contributed by atoms with van der Waals surface area (Å²) in [5.41, 5.74) is 0.321. The highest BCUT2D eigenvalue weighted by Crippen LogP contribution is 2.32. The molecule has 0 radical (unpaired) electrons. The molecule has 0 saturated heterocycles. The van der Waals surface area contributed by atoms with Crippen LogP contribution in [0.5, 0.6) is 0 Å². The normalized spacial score (nSPS) is 11.6. The van der Waals surface area contributed by atoms with Crippen molar-refractivity contribution in [1.82, 2.24) is 8.54 Å². The standard InChI is InChI=1S/C24H21FN2O5S/c1-4-32-24(29)16-9-10-20(25)18(13-16)19-14-26(3)23(28)22-17(19)11-12-27(22)33(30,31)21-8-6-5-7-15(21)2/h5-14H,4H2,1-3H3. The van der Waals surface area contributed by atoms with Gasteiger partial charge in [0.05, 0.1) is 17.1 Å². The zero-order chi connectivity index (χ0) is 23.9. The minimum atomic E-state index is -4.09. The molecular formula is C24H21FN2O5S. The maximum absolute atomic E-state index is 14.9. The molecule has 4 aromatic rings. The first-order chi connectivity index (χ1) is 15.7. The molecule has 0 atom stereocenters. The highest BCUT2D eigenvalue weighted by atomic mass is 32.2. The SMILES string of the molecule is CCOC(=O)c1ccc(F)c(-c2cn(C)c(=O)c3c2ccn3S(=O)(=O)c2ccccc2C)c1. The number of benzene rings is 2. The van der Waals surface area contributed by atoms with Gasteiger partial charge in [0.25, 0.3) is 15.6 Å². The van der Waals surface area contributed by atoms with E-state index in [0.29, 0.717) is 5.56 Å². The van der Waals surface area contributed by atoms with E-state index in [1.54, 1.807) is 32.0 Å². The van der Waals surface area contributed by atoms with Crippen molar-refractivity contribution in [2.45, 2.75) is 18.7 Å². The number of ether oxygens (including phenoxy) is 1. The number of esters is 1. The molecular weight excluding hydrogens is 447 g/mol. The average Bonchev–Trinajstić information content (AvgIpc) is 3.23. The van der Waals surface area contributed by atoms with Crippen LogP contribution in [0.25, 0.3) is 22.0 Å². The summed E-state index contributed by atoms with van der Waals surface area (Å²) in [5, 5.41) is 0.246. The highest BCUT2D eigenvalue weighted by molar-refractivity contribution is 7.90. The van der Waals surface area contributed by atoms with Crippen LogP contribution in [0.4, 0.5) is 4.39 Å². The largest absolute Gasteiger partial charge is 0.462 e. The Morgan fingerprint density at radius 1 is 1.09 bits per heavy atom. The molecule has 2 aromatic carbocycles. The zero-order valence-corrected chi connectivity index (χ0v) is 19.0. The smallest absolute Gasteiger partial charge is 0.338 e. The number of rotatable bonds is 5. The van der Waals surface area contributed by atoms with Crippen molar-refractivity contribution in [1.29, 1.82) is 0 Å². The van der Waals surface area contributed by atoms with Gasteiger partial charge in [-0.1, -0.05) is 18.2 Å². The molecule has 0 saturated carbocycles. The van der Waals surface area contributed by atoms with Crippen molar-refractivity contribution in [3.05, 3.63) is 88.2 Å². The Morgan fingerprint density at radius 2 is 1.82 bits per heavy atom. The van der Waals surface area contributed by atoms with Crippen LogP contribution in [0.15, 0.2) is 70.6 Å². The fourth-order valence-corrected chi connectivity index (χ4v) is 5.35. The molecule has 0 aliphatic heterocycles. The van der Waals surface area contributed by atoms with Gasteiger partial charge < -0.3 is 9.30 Å². The van der Waals surface area contributed by atoms with E-state index >= 15 is 0 Å². The second-order valence-corrected chi connectivity index (χ2v) is 9.30. The summed E-state index contributed by atoms with van der Waals surface area (Å²) in [6, 6.07) is 11.7. The maximum Gasteiger partial charge on any atom is 0.338 e. The lowest BCUT2D eigenvalue weighted by Gasteiger charge is -2.13. The number of fused-ring (bicyclic) bond motifs is 1. The first kappa shape index (κ1) is 22.5. The van der Waals surface area contributed by atoms with Gasteiger partial charge in [0.1, 0.15) is 11.3 Å². The highest BCUT2D eigenvalue weighted by Gasteiger charge is 2.25. The first-order valence-corrected chi connectivity index (χ1v) is 11.6. The lowest BCUT2D eigenvalue weighted by atomic mass is 10.0. The van der Waals surface area contributed by atoms with E-state index in [1.165, 1.54) is 48.3 Å². The van der Waals surface area contributed by atoms with Gasteiger partial charge >= 0.3 is 5.97 Å². The lowest BCUT2D eigenvalue weighted by molar-refractivity contribution is 0.0526. The number of pyridine rings is 1. The summed E-state index contributed by atoms with van der Waals surface area (Å²) in [6.07, 6.45) is 2.70. The van der Waals surface area contributed by atoms with Crippen LogP contribution in [-0.2, 0) is 21.8 Å². The van der Waals surface area contributed by atoms with Crippen LogP contribution in [0.1, 0.15) is 22.8 Å².